The number of hydrogen-bond acceptors (Lipinski definition) is 1. The Morgan fingerprint density at radius 3 is 2.20 bits per heavy atom. The third-order valence-electron chi connectivity index (χ3n) is 2.02. The molecule has 0 bridgehead atoms. The van der Waals surface area contributed by atoms with E-state index in [1.54, 1.807) is 0 Å². The van der Waals surface area contributed by atoms with Gasteiger partial charge >= 0.3 is 0 Å². The molecule has 0 fully saturated rings. The molecule has 3 atom stereocenters. The van der Waals surface area contributed by atoms with E-state index in [1.807, 2.05) is 6.92 Å². The summed E-state index contributed by atoms with van der Waals surface area (Å²) in [5, 5.41) is 0. The first kappa shape index (κ1) is 10.1. The highest BCUT2D eigenvalue weighted by molar-refractivity contribution is 7.79. The molecule has 0 aliphatic rings. The summed E-state index contributed by atoms with van der Waals surface area (Å²) in [6, 6.07) is 0. The highest BCUT2D eigenvalue weighted by Crippen LogP contribution is 2.14. The third-order valence-corrected chi connectivity index (χ3v) is 2.83. The predicted molar refractivity (Wildman–Crippen MR) is 44.3 cm³/mol. The molecule has 0 radical (unpaired) electrons. The van der Waals surface area contributed by atoms with E-state index in [1.165, 1.54) is 0 Å². The average molecular weight is 164 g/mol. The third kappa shape index (κ3) is 4.01. The van der Waals surface area contributed by atoms with Crippen molar-refractivity contribution < 1.29 is 8.76 Å². The van der Waals surface area contributed by atoms with Crippen LogP contribution in [0.2, 0.25) is 0 Å². The molecule has 62 valence electrons. The zero-order valence-corrected chi connectivity index (χ0v) is 7.65. The van der Waals surface area contributed by atoms with E-state index in [0.717, 1.165) is 6.42 Å². The van der Waals surface area contributed by atoms with E-state index in [4.69, 9.17) is 4.55 Å². The zero-order chi connectivity index (χ0) is 8.15. The Morgan fingerprint density at radius 1 is 1.40 bits per heavy atom. The second-order valence-electron chi connectivity index (χ2n) is 2.85. The van der Waals surface area contributed by atoms with Crippen LogP contribution in [-0.2, 0) is 11.1 Å². The van der Waals surface area contributed by atoms with E-state index in [2.05, 4.69) is 13.8 Å². The van der Waals surface area contributed by atoms with Crippen LogP contribution in [0.1, 0.15) is 27.2 Å². The van der Waals surface area contributed by atoms with Crippen molar-refractivity contribution in [2.75, 3.05) is 5.75 Å². The van der Waals surface area contributed by atoms with Gasteiger partial charge < -0.3 is 4.55 Å². The zero-order valence-electron chi connectivity index (χ0n) is 6.83. The van der Waals surface area contributed by atoms with Crippen molar-refractivity contribution in [3.8, 4) is 0 Å². The van der Waals surface area contributed by atoms with Crippen LogP contribution in [-0.4, -0.2) is 14.5 Å². The Morgan fingerprint density at radius 2 is 1.90 bits per heavy atom. The molecule has 0 saturated heterocycles. The normalized spacial score (nSPS) is 20.0. The summed E-state index contributed by atoms with van der Waals surface area (Å²) >= 11 is -1.62. The topological polar surface area (TPSA) is 37.3 Å². The minimum atomic E-state index is -1.62. The van der Waals surface area contributed by atoms with Crippen LogP contribution in [0.15, 0.2) is 0 Å². The van der Waals surface area contributed by atoms with Gasteiger partial charge in [0.25, 0.3) is 0 Å². The highest BCUT2D eigenvalue weighted by atomic mass is 32.2. The standard InChI is InChI=1S/C7H16O2S/c1-4-6(2)7(3)5-10(8)9/h6-7H,4-5H2,1-3H3,(H,8,9). The Bertz CT molecular complexity index is 114. The van der Waals surface area contributed by atoms with Gasteiger partial charge in [-0.15, -0.1) is 0 Å². The number of hydrogen-bond donors (Lipinski definition) is 1. The van der Waals surface area contributed by atoms with Crippen LogP contribution in [0.4, 0.5) is 0 Å². The summed E-state index contributed by atoms with van der Waals surface area (Å²) in [7, 11) is 0. The molecule has 0 saturated carbocycles. The molecule has 10 heavy (non-hydrogen) atoms. The van der Waals surface area contributed by atoms with Gasteiger partial charge in [-0.1, -0.05) is 27.2 Å². The monoisotopic (exact) mass is 164 g/mol. The molecule has 0 aliphatic heterocycles. The van der Waals surface area contributed by atoms with E-state index in [0.29, 0.717) is 17.6 Å². The van der Waals surface area contributed by atoms with Gasteiger partial charge in [0, 0.05) is 0 Å². The van der Waals surface area contributed by atoms with E-state index < -0.39 is 11.1 Å². The molecule has 0 amide bonds. The maximum atomic E-state index is 10.3. The predicted octanol–water partition coefficient (Wildman–Crippen LogP) is 1.89. The van der Waals surface area contributed by atoms with Gasteiger partial charge in [0.2, 0.25) is 0 Å². The van der Waals surface area contributed by atoms with E-state index >= 15 is 0 Å². The van der Waals surface area contributed by atoms with Gasteiger partial charge in [-0.05, 0) is 11.8 Å². The molecular weight excluding hydrogens is 148 g/mol. The van der Waals surface area contributed by atoms with Crippen molar-refractivity contribution in [1.82, 2.24) is 0 Å². The molecule has 0 spiro atoms. The maximum Gasteiger partial charge on any atom is 0.153 e. The van der Waals surface area contributed by atoms with Crippen molar-refractivity contribution >= 4 is 11.1 Å². The minimum absolute atomic E-state index is 0.357. The molecule has 0 rings (SSSR count). The lowest BCUT2D eigenvalue weighted by Crippen LogP contribution is -2.14. The van der Waals surface area contributed by atoms with Crippen LogP contribution in [0, 0.1) is 11.8 Å². The second kappa shape index (κ2) is 4.85. The first-order valence-corrected chi connectivity index (χ1v) is 4.93. The molecule has 3 unspecified atom stereocenters. The van der Waals surface area contributed by atoms with Gasteiger partial charge in [-0.25, -0.2) is 4.21 Å². The van der Waals surface area contributed by atoms with Crippen molar-refractivity contribution in [3.63, 3.8) is 0 Å². The second-order valence-corrected chi connectivity index (χ2v) is 3.83. The maximum absolute atomic E-state index is 10.3. The summed E-state index contributed by atoms with van der Waals surface area (Å²) in [6.07, 6.45) is 1.08. The molecule has 1 N–H and O–H groups in total. The quantitative estimate of drug-likeness (QED) is 0.644. The Labute approximate surface area is 65.3 Å². The first-order chi connectivity index (χ1) is 4.57. The molecular formula is C7H16O2S. The van der Waals surface area contributed by atoms with Gasteiger partial charge in [-0.2, -0.15) is 0 Å². The molecule has 0 aromatic carbocycles. The van der Waals surface area contributed by atoms with Gasteiger partial charge in [0.15, 0.2) is 11.1 Å². The lowest BCUT2D eigenvalue weighted by atomic mass is 9.96. The highest BCUT2D eigenvalue weighted by Gasteiger charge is 2.11. The van der Waals surface area contributed by atoms with Crippen LogP contribution < -0.4 is 0 Å². The average Bonchev–Trinajstić information content (AvgIpc) is 1.85. The van der Waals surface area contributed by atoms with Crippen LogP contribution in [0.3, 0.4) is 0 Å². The Kier molecular flexibility index (Phi) is 4.91. The van der Waals surface area contributed by atoms with E-state index in [9.17, 15) is 4.21 Å². The Hall–Kier alpha value is 0.110. The minimum Gasteiger partial charge on any atom is -0.306 e. The van der Waals surface area contributed by atoms with Crippen molar-refractivity contribution in [2.45, 2.75) is 27.2 Å². The molecule has 0 aromatic rings. The summed E-state index contributed by atoms with van der Waals surface area (Å²) < 4.78 is 18.9. The molecule has 2 nitrogen and oxygen atoms in total. The lowest BCUT2D eigenvalue weighted by molar-refractivity contribution is 0.404. The van der Waals surface area contributed by atoms with Crippen LogP contribution in [0.5, 0.6) is 0 Å². The Balaban J connectivity index is 3.61. The van der Waals surface area contributed by atoms with Crippen molar-refractivity contribution in [1.29, 1.82) is 0 Å². The summed E-state index contributed by atoms with van der Waals surface area (Å²) in [4.78, 5) is 0. The lowest BCUT2D eigenvalue weighted by Gasteiger charge is -2.15. The molecule has 0 aliphatic carbocycles. The van der Waals surface area contributed by atoms with Gasteiger partial charge in [0.1, 0.15) is 0 Å². The first-order valence-electron chi connectivity index (χ1n) is 3.65. The SMILES string of the molecule is CCC(C)C(C)CS(=O)O. The summed E-state index contributed by atoms with van der Waals surface area (Å²) in [5.74, 6) is 1.32. The summed E-state index contributed by atoms with van der Waals surface area (Å²) in [6.45, 7) is 6.22. The molecule has 0 heterocycles. The number of rotatable bonds is 4. The fourth-order valence-corrected chi connectivity index (χ4v) is 1.57. The summed E-state index contributed by atoms with van der Waals surface area (Å²) in [5.41, 5.74) is 0. The largest absolute Gasteiger partial charge is 0.306 e. The smallest absolute Gasteiger partial charge is 0.153 e. The van der Waals surface area contributed by atoms with Crippen molar-refractivity contribution in [3.05, 3.63) is 0 Å². The fraction of sp³-hybridized carbons (Fsp3) is 1.00. The fourth-order valence-electron chi connectivity index (χ4n) is 0.792. The van der Waals surface area contributed by atoms with Crippen molar-refractivity contribution in [2.24, 2.45) is 11.8 Å². The van der Waals surface area contributed by atoms with Crippen LogP contribution in [0.25, 0.3) is 0 Å². The van der Waals surface area contributed by atoms with Gasteiger partial charge in [-0.3, -0.25) is 0 Å². The van der Waals surface area contributed by atoms with Gasteiger partial charge in [0.05, 0.1) is 5.75 Å². The van der Waals surface area contributed by atoms with E-state index in [-0.39, 0.29) is 0 Å². The molecule has 0 aromatic heterocycles. The molecule has 3 heteroatoms. The van der Waals surface area contributed by atoms with Crippen LogP contribution >= 0.6 is 0 Å².